The predicted molar refractivity (Wildman–Crippen MR) is 172 cm³/mol. The van der Waals surface area contributed by atoms with Gasteiger partial charge in [0.1, 0.15) is 5.75 Å². The molecule has 192 valence electrons. The largest absolute Gasteiger partial charge is 0.507 e. The first kappa shape index (κ1) is 22.7. The molecule has 0 atom stereocenters. The minimum atomic E-state index is -0.251. The van der Waals surface area contributed by atoms with Crippen molar-refractivity contribution in [3.63, 3.8) is 0 Å². The first-order valence-electron chi connectivity index (χ1n) is 14.3. The van der Waals surface area contributed by atoms with Crippen LogP contribution in [-0.2, 0) is 5.41 Å². The van der Waals surface area contributed by atoms with Crippen LogP contribution in [0.1, 0.15) is 23.6 Å². The standard InChI is InChI=1S/C40H26O/c1-40(35-14-4-2-11-29(35)30-12-3-5-15-36(30)40)27-18-16-24-8-7-13-28(33(24)23-27)34-22-26-10-6-9-25-17-19-32-37(41)21-20-31(34)39(32)38(25)26/h2-23,41H,1H3. The molecule has 1 nitrogen and oxygen atoms in total. The van der Waals surface area contributed by atoms with Crippen LogP contribution in [0.4, 0.5) is 0 Å². The molecule has 9 rings (SSSR count). The second-order valence-electron chi connectivity index (χ2n) is 11.6. The van der Waals surface area contributed by atoms with Crippen molar-refractivity contribution in [2.75, 3.05) is 0 Å². The van der Waals surface area contributed by atoms with Gasteiger partial charge in [-0.1, -0.05) is 115 Å². The molecule has 0 spiro atoms. The molecule has 1 aliphatic carbocycles. The Morgan fingerprint density at radius 2 is 1.07 bits per heavy atom. The SMILES string of the molecule is CC1(c2ccc3cccc(-c4cc5cccc6ccc7c(O)ccc4c7c65)c3c2)c2ccccc2-c2ccccc21. The molecule has 1 N–H and O–H groups in total. The second-order valence-corrected chi connectivity index (χ2v) is 11.6. The van der Waals surface area contributed by atoms with Gasteiger partial charge in [0.25, 0.3) is 0 Å². The fourth-order valence-corrected chi connectivity index (χ4v) is 7.62. The Morgan fingerprint density at radius 3 is 1.88 bits per heavy atom. The van der Waals surface area contributed by atoms with Crippen molar-refractivity contribution < 1.29 is 5.11 Å². The number of rotatable bonds is 2. The average molecular weight is 523 g/mol. The Hall–Kier alpha value is -5.14. The highest BCUT2D eigenvalue weighted by atomic mass is 16.3. The van der Waals surface area contributed by atoms with Crippen LogP contribution in [-0.4, -0.2) is 5.11 Å². The van der Waals surface area contributed by atoms with E-state index in [0.29, 0.717) is 5.75 Å². The maximum atomic E-state index is 10.8. The molecule has 1 aliphatic rings. The van der Waals surface area contributed by atoms with Crippen LogP contribution >= 0.6 is 0 Å². The molecule has 0 aliphatic heterocycles. The monoisotopic (exact) mass is 522 g/mol. The first-order chi connectivity index (χ1) is 20.1. The molecular formula is C40H26O. The third kappa shape index (κ3) is 2.90. The van der Waals surface area contributed by atoms with Crippen LogP contribution in [0.2, 0.25) is 0 Å². The van der Waals surface area contributed by atoms with Gasteiger partial charge in [-0.15, -0.1) is 0 Å². The van der Waals surface area contributed by atoms with E-state index < -0.39 is 0 Å². The minimum absolute atomic E-state index is 0.251. The van der Waals surface area contributed by atoms with E-state index in [9.17, 15) is 5.11 Å². The lowest BCUT2D eigenvalue weighted by Gasteiger charge is -2.29. The molecule has 41 heavy (non-hydrogen) atoms. The van der Waals surface area contributed by atoms with Crippen molar-refractivity contribution in [2.24, 2.45) is 0 Å². The zero-order valence-corrected chi connectivity index (χ0v) is 22.6. The lowest BCUT2D eigenvalue weighted by molar-refractivity contribution is 0.482. The molecule has 0 amide bonds. The Labute approximate surface area is 238 Å². The number of hydrogen-bond donors (Lipinski definition) is 1. The van der Waals surface area contributed by atoms with Gasteiger partial charge in [-0.3, -0.25) is 0 Å². The van der Waals surface area contributed by atoms with Gasteiger partial charge >= 0.3 is 0 Å². The highest BCUT2D eigenvalue weighted by Gasteiger charge is 2.40. The van der Waals surface area contributed by atoms with Gasteiger partial charge in [-0.25, -0.2) is 0 Å². The Kier molecular flexibility index (Phi) is 4.40. The van der Waals surface area contributed by atoms with Gasteiger partial charge in [-0.05, 0) is 96.4 Å². The van der Waals surface area contributed by atoms with Gasteiger partial charge in [0.05, 0.1) is 0 Å². The molecule has 0 bridgehead atoms. The Bertz CT molecular complexity index is 2300. The third-order valence-electron chi connectivity index (χ3n) is 9.59. The van der Waals surface area contributed by atoms with Crippen LogP contribution in [0.5, 0.6) is 5.75 Å². The van der Waals surface area contributed by atoms with Crippen molar-refractivity contribution in [3.8, 4) is 28.0 Å². The molecule has 8 aromatic carbocycles. The summed E-state index contributed by atoms with van der Waals surface area (Å²) in [6.07, 6.45) is 0. The smallest absolute Gasteiger partial charge is 0.123 e. The third-order valence-corrected chi connectivity index (χ3v) is 9.59. The van der Waals surface area contributed by atoms with Crippen LogP contribution in [0.3, 0.4) is 0 Å². The van der Waals surface area contributed by atoms with E-state index in [4.69, 9.17) is 0 Å². The van der Waals surface area contributed by atoms with Gasteiger partial charge in [-0.2, -0.15) is 0 Å². The van der Waals surface area contributed by atoms with Crippen molar-refractivity contribution in [2.45, 2.75) is 12.3 Å². The van der Waals surface area contributed by atoms with Crippen molar-refractivity contribution in [1.82, 2.24) is 0 Å². The van der Waals surface area contributed by atoms with E-state index >= 15 is 0 Å². The fourth-order valence-electron chi connectivity index (χ4n) is 7.62. The minimum Gasteiger partial charge on any atom is -0.507 e. The van der Waals surface area contributed by atoms with Crippen LogP contribution < -0.4 is 0 Å². The van der Waals surface area contributed by atoms with Gasteiger partial charge < -0.3 is 5.11 Å². The number of phenolic OH excluding ortho intramolecular Hbond substituents is 1. The summed E-state index contributed by atoms with van der Waals surface area (Å²) in [6, 6.07) is 48.3. The van der Waals surface area contributed by atoms with Crippen molar-refractivity contribution in [1.29, 1.82) is 0 Å². The fraction of sp³-hybridized carbons (Fsp3) is 0.0500. The summed E-state index contributed by atoms with van der Waals surface area (Å²) < 4.78 is 0. The summed E-state index contributed by atoms with van der Waals surface area (Å²) in [5.74, 6) is 0.327. The lowest BCUT2D eigenvalue weighted by Crippen LogP contribution is -2.22. The summed E-state index contributed by atoms with van der Waals surface area (Å²) in [5, 5.41) is 20.1. The van der Waals surface area contributed by atoms with Gasteiger partial charge in [0.2, 0.25) is 0 Å². The van der Waals surface area contributed by atoms with E-state index in [1.165, 1.54) is 71.3 Å². The molecule has 0 unspecified atom stereocenters. The Morgan fingerprint density at radius 1 is 0.439 bits per heavy atom. The van der Waals surface area contributed by atoms with E-state index in [1.54, 1.807) is 0 Å². The first-order valence-corrected chi connectivity index (χ1v) is 14.3. The zero-order valence-electron chi connectivity index (χ0n) is 22.6. The molecule has 0 saturated carbocycles. The van der Waals surface area contributed by atoms with Crippen LogP contribution in [0.15, 0.2) is 133 Å². The maximum absolute atomic E-state index is 10.8. The van der Waals surface area contributed by atoms with E-state index in [0.717, 1.165) is 10.8 Å². The normalized spacial score (nSPS) is 13.8. The molecule has 0 heterocycles. The summed E-state index contributed by atoms with van der Waals surface area (Å²) >= 11 is 0. The van der Waals surface area contributed by atoms with Gasteiger partial charge in [0, 0.05) is 16.2 Å². The number of benzene rings is 8. The quantitative estimate of drug-likeness (QED) is 0.224. The molecule has 0 saturated heterocycles. The molecule has 1 heteroatoms. The molecule has 0 aromatic heterocycles. The second kappa shape index (κ2) is 7.96. The zero-order chi connectivity index (χ0) is 27.3. The van der Waals surface area contributed by atoms with E-state index in [1.807, 2.05) is 6.07 Å². The molecule has 0 fully saturated rings. The summed E-state index contributed by atoms with van der Waals surface area (Å²) in [5.41, 5.74) is 8.82. The number of hydrogen-bond acceptors (Lipinski definition) is 1. The molecule has 8 aromatic rings. The predicted octanol–water partition coefficient (Wildman–Crippen LogP) is 10.4. The highest BCUT2D eigenvalue weighted by Crippen LogP contribution is 2.53. The van der Waals surface area contributed by atoms with Crippen LogP contribution in [0, 0.1) is 0 Å². The topological polar surface area (TPSA) is 20.2 Å². The van der Waals surface area contributed by atoms with E-state index in [2.05, 4.69) is 134 Å². The summed E-state index contributed by atoms with van der Waals surface area (Å²) in [7, 11) is 0. The van der Waals surface area contributed by atoms with Gasteiger partial charge in [0.15, 0.2) is 0 Å². The summed E-state index contributed by atoms with van der Waals surface area (Å²) in [6.45, 7) is 2.38. The average Bonchev–Trinajstić information content (AvgIpc) is 3.29. The molecular weight excluding hydrogens is 496 g/mol. The van der Waals surface area contributed by atoms with Crippen molar-refractivity contribution >= 4 is 43.1 Å². The van der Waals surface area contributed by atoms with E-state index in [-0.39, 0.29) is 5.41 Å². The Balaban J connectivity index is 1.36. The lowest BCUT2D eigenvalue weighted by atomic mass is 9.73. The summed E-state index contributed by atoms with van der Waals surface area (Å²) in [4.78, 5) is 0. The molecule has 0 radical (unpaired) electrons. The number of phenols is 1. The van der Waals surface area contributed by atoms with Crippen molar-refractivity contribution in [3.05, 3.63) is 150 Å². The number of aromatic hydroxyl groups is 1. The highest BCUT2D eigenvalue weighted by molar-refractivity contribution is 6.28. The van der Waals surface area contributed by atoms with Crippen LogP contribution in [0.25, 0.3) is 65.3 Å². The maximum Gasteiger partial charge on any atom is 0.123 e. The number of fused-ring (bicyclic) bond motifs is 4.